The van der Waals surface area contributed by atoms with Crippen LogP contribution in [-0.4, -0.2) is 61.0 Å². The van der Waals surface area contributed by atoms with Crippen LogP contribution in [0, 0.1) is 0 Å². The number of cyclic esters (lactones) is 1. The molecule has 1 fully saturated rings. The molecule has 1 aromatic carbocycles. The number of hydrogen-bond donors (Lipinski definition) is 0. The number of hydrogen-bond acceptors (Lipinski definition) is 4. The second-order valence-corrected chi connectivity index (χ2v) is 7.57. The Labute approximate surface area is 156 Å². The fourth-order valence-electron chi connectivity index (χ4n) is 3.34. The molecule has 1 saturated heterocycles. The number of amides is 1. The van der Waals surface area contributed by atoms with Crippen LogP contribution in [0.4, 0.5) is 4.79 Å². The lowest BCUT2D eigenvalue weighted by molar-refractivity contribution is 0.0717. The van der Waals surface area contributed by atoms with Crippen LogP contribution in [0.15, 0.2) is 29.2 Å². The van der Waals surface area contributed by atoms with E-state index < -0.39 is 0 Å². The largest absolute Gasteiger partial charge is 0.449 e. The molecule has 2 rings (SSSR count). The highest BCUT2D eigenvalue weighted by molar-refractivity contribution is 7.98. The zero-order valence-electron chi connectivity index (χ0n) is 15.9. The van der Waals surface area contributed by atoms with Crippen LogP contribution < -0.4 is 0 Å². The number of nitrogens with zero attached hydrogens (tertiary/aromatic N) is 2. The van der Waals surface area contributed by atoms with Gasteiger partial charge in [0.2, 0.25) is 0 Å². The first-order valence-electron chi connectivity index (χ1n) is 9.42. The van der Waals surface area contributed by atoms with Gasteiger partial charge in [0.15, 0.2) is 0 Å². The van der Waals surface area contributed by atoms with Gasteiger partial charge in [0.1, 0.15) is 0 Å². The molecule has 0 aliphatic carbocycles. The molecule has 0 spiro atoms. The molecule has 0 unspecified atom stereocenters. The fourth-order valence-corrected chi connectivity index (χ4v) is 3.75. The second kappa shape index (κ2) is 10.7. The summed E-state index contributed by atoms with van der Waals surface area (Å²) in [7, 11) is 0. The minimum Gasteiger partial charge on any atom is -0.449 e. The molecule has 4 nitrogen and oxygen atoms in total. The number of thioether (sulfide) groups is 1. The Morgan fingerprint density at radius 3 is 2.68 bits per heavy atom. The van der Waals surface area contributed by atoms with Crippen molar-refractivity contribution < 1.29 is 9.53 Å². The van der Waals surface area contributed by atoms with Crippen molar-refractivity contribution in [3.63, 3.8) is 0 Å². The smallest absolute Gasteiger partial charge is 0.409 e. The minimum absolute atomic E-state index is 0.138. The molecule has 1 aliphatic heterocycles. The summed E-state index contributed by atoms with van der Waals surface area (Å²) in [5, 5.41) is 0. The lowest BCUT2D eigenvalue weighted by Gasteiger charge is -2.29. The summed E-state index contributed by atoms with van der Waals surface area (Å²) in [4.78, 5) is 17.3. The zero-order valence-corrected chi connectivity index (χ0v) is 16.7. The predicted octanol–water partition coefficient (Wildman–Crippen LogP) is 4.28. The maximum atomic E-state index is 11.6. The van der Waals surface area contributed by atoms with Crippen LogP contribution in [0.25, 0.3) is 0 Å². The molecule has 0 bridgehead atoms. The van der Waals surface area contributed by atoms with Gasteiger partial charge >= 0.3 is 6.09 Å². The molecule has 1 heterocycles. The topological polar surface area (TPSA) is 32.8 Å². The van der Waals surface area contributed by atoms with Crippen LogP contribution in [0.1, 0.15) is 38.7 Å². The first-order valence-corrected chi connectivity index (χ1v) is 10.6. The Balaban J connectivity index is 1.71. The number of ether oxygens (including phenoxy) is 1. The van der Waals surface area contributed by atoms with Crippen molar-refractivity contribution in [3.05, 3.63) is 29.8 Å². The summed E-state index contributed by atoms with van der Waals surface area (Å²) in [6.45, 7) is 8.94. The molecular weight excluding hydrogens is 332 g/mol. The number of carbonyl (C=O) groups excluding carboxylic acids is 1. The van der Waals surface area contributed by atoms with Crippen molar-refractivity contribution in [3.8, 4) is 0 Å². The van der Waals surface area contributed by atoms with Crippen molar-refractivity contribution in [2.45, 2.75) is 50.5 Å². The third-order valence-electron chi connectivity index (χ3n) is 4.90. The number of likely N-dealkylation sites (N-methyl/N-ethyl adjacent to an activating group) is 1. The fraction of sp³-hybridized carbons (Fsp3) is 0.650. The Morgan fingerprint density at radius 2 is 2.04 bits per heavy atom. The minimum atomic E-state index is -0.138. The average molecular weight is 365 g/mol. The Kier molecular flexibility index (Phi) is 8.62. The molecular formula is C20H32N2O2S. The predicted molar refractivity (Wildman–Crippen MR) is 105 cm³/mol. The van der Waals surface area contributed by atoms with Gasteiger partial charge in [-0.05, 0) is 69.6 Å². The maximum absolute atomic E-state index is 11.6. The molecule has 0 saturated carbocycles. The van der Waals surface area contributed by atoms with Gasteiger partial charge in [-0.3, -0.25) is 0 Å². The average Bonchev–Trinajstić information content (AvgIpc) is 2.63. The van der Waals surface area contributed by atoms with Crippen molar-refractivity contribution >= 4 is 17.9 Å². The zero-order chi connectivity index (χ0) is 18.1. The summed E-state index contributed by atoms with van der Waals surface area (Å²) in [6.07, 6.45) is 6.18. The molecule has 1 aromatic rings. The molecule has 1 atom stereocenters. The van der Waals surface area contributed by atoms with Crippen molar-refractivity contribution in [2.24, 2.45) is 0 Å². The van der Waals surface area contributed by atoms with Crippen LogP contribution >= 0.6 is 11.8 Å². The highest BCUT2D eigenvalue weighted by Gasteiger charge is 2.19. The summed E-state index contributed by atoms with van der Waals surface area (Å²) in [5.74, 6) is 0. The van der Waals surface area contributed by atoms with E-state index in [0.29, 0.717) is 12.6 Å². The van der Waals surface area contributed by atoms with E-state index >= 15 is 0 Å². The number of carbonyl (C=O) groups is 1. The molecule has 25 heavy (non-hydrogen) atoms. The van der Waals surface area contributed by atoms with Gasteiger partial charge in [-0.1, -0.05) is 19.1 Å². The highest BCUT2D eigenvalue weighted by atomic mass is 32.2. The molecule has 140 valence electrons. The second-order valence-electron chi connectivity index (χ2n) is 6.69. The van der Waals surface area contributed by atoms with Crippen molar-refractivity contribution in [2.75, 3.05) is 39.0 Å². The first kappa shape index (κ1) is 20.1. The number of unbranched alkanes of at least 4 members (excludes halogenated alkanes) is 1. The van der Waals surface area contributed by atoms with Gasteiger partial charge in [-0.25, -0.2) is 4.79 Å². The van der Waals surface area contributed by atoms with E-state index in [1.807, 2.05) is 4.90 Å². The third-order valence-corrected chi connectivity index (χ3v) is 5.64. The first-order chi connectivity index (χ1) is 12.1. The summed E-state index contributed by atoms with van der Waals surface area (Å²) < 4.78 is 5.09. The quantitative estimate of drug-likeness (QED) is 0.458. The van der Waals surface area contributed by atoms with Crippen LogP contribution in [0.3, 0.4) is 0 Å². The molecule has 0 aromatic heterocycles. The summed E-state index contributed by atoms with van der Waals surface area (Å²) in [5.41, 5.74) is 1.40. The highest BCUT2D eigenvalue weighted by Crippen LogP contribution is 2.17. The van der Waals surface area contributed by atoms with Gasteiger partial charge < -0.3 is 14.5 Å². The standard InChI is InChI=1S/C20H32N2O2S/c1-4-21(12-5-6-13-22-14-7-15-24-20(22)23)17(2)16-18-8-10-19(25-3)11-9-18/h8-11,17H,4-7,12-16H2,1-3H3/t17-/m0/s1. The van der Waals surface area contributed by atoms with E-state index in [4.69, 9.17) is 4.74 Å². The van der Waals surface area contributed by atoms with E-state index in [0.717, 1.165) is 51.9 Å². The maximum Gasteiger partial charge on any atom is 0.409 e. The summed E-state index contributed by atoms with van der Waals surface area (Å²) in [6, 6.07) is 9.45. The van der Waals surface area contributed by atoms with Crippen LogP contribution in [0.2, 0.25) is 0 Å². The van der Waals surface area contributed by atoms with Gasteiger partial charge in [-0.15, -0.1) is 11.8 Å². The van der Waals surface area contributed by atoms with Gasteiger partial charge in [0.25, 0.3) is 0 Å². The normalized spacial score (nSPS) is 16.2. The monoisotopic (exact) mass is 364 g/mol. The molecule has 1 amide bonds. The Bertz CT molecular complexity index is 521. The Morgan fingerprint density at radius 1 is 1.28 bits per heavy atom. The molecule has 5 heteroatoms. The van der Waals surface area contributed by atoms with Crippen LogP contribution in [0.5, 0.6) is 0 Å². The molecule has 0 radical (unpaired) electrons. The number of rotatable bonds is 10. The lowest BCUT2D eigenvalue weighted by atomic mass is 10.1. The van der Waals surface area contributed by atoms with Gasteiger partial charge in [-0.2, -0.15) is 0 Å². The van der Waals surface area contributed by atoms with Gasteiger partial charge in [0, 0.05) is 24.0 Å². The van der Waals surface area contributed by atoms with Crippen molar-refractivity contribution in [1.29, 1.82) is 0 Å². The lowest BCUT2D eigenvalue weighted by Crippen LogP contribution is -2.39. The summed E-state index contributed by atoms with van der Waals surface area (Å²) >= 11 is 1.79. The van der Waals surface area contributed by atoms with Crippen molar-refractivity contribution in [1.82, 2.24) is 9.80 Å². The van der Waals surface area contributed by atoms with E-state index in [1.54, 1.807) is 11.8 Å². The number of benzene rings is 1. The molecule has 0 N–H and O–H groups in total. The van der Waals surface area contributed by atoms with E-state index in [-0.39, 0.29) is 6.09 Å². The Hall–Kier alpha value is -1.20. The molecule has 1 aliphatic rings. The van der Waals surface area contributed by atoms with E-state index in [9.17, 15) is 4.79 Å². The van der Waals surface area contributed by atoms with Gasteiger partial charge in [0.05, 0.1) is 6.61 Å². The van der Waals surface area contributed by atoms with E-state index in [2.05, 4.69) is 49.3 Å². The van der Waals surface area contributed by atoms with Crippen LogP contribution in [-0.2, 0) is 11.2 Å². The SMILES string of the molecule is CCN(CCCCN1CCCOC1=O)[C@@H](C)Cc1ccc(SC)cc1. The van der Waals surface area contributed by atoms with E-state index in [1.165, 1.54) is 10.5 Å². The third kappa shape index (κ3) is 6.55.